The van der Waals surface area contributed by atoms with E-state index in [-0.39, 0.29) is 36.3 Å². The summed E-state index contributed by atoms with van der Waals surface area (Å²) < 4.78 is 30.7. The van der Waals surface area contributed by atoms with Crippen molar-refractivity contribution in [1.29, 1.82) is 0 Å². The van der Waals surface area contributed by atoms with E-state index in [1.54, 1.807) is 0 Å². The molecule has 0 unspecified atom stereocenters. The molecule has 23 heavy (non-hydrogen) atoms. The van der Waals surface area contributed by atoms with Gasteiger partial charge in [-0.1, -0.05) is 18.0 Å². The van der Waals surface area contributed by atoms with Crippen LogP contribution in [0.4, 0.5) is 0 Å². The Morgan fingerprint density at radius 3 is 2.65 bits per heavy atom. The molecule has 2 rings (SSSR count). The Bertz CT molecular complexity index is 568. The molecule has 132 valence electrons. The minimum Gasteiger partial charge on any atom is -0.370 e. The summed E-state index contributed by atoms with van der Waals surface area (Å²) in [5, 5.41) is 3.58. The molecule has 10 heteroatoms. The third-order valence-electron chi connectivity index (χ3n) is 3.47. The second-order valence-corrected chi connectivity index (χ2v) is 7.09. The van der Waals surface area contributed by atoms with Gasteiger partial charge >= 0.3 is 0 Å². The summed E-state index contributed by atoms with van der Waals surface area (Å²) in [7, 11) is -3.43. The Balaban J connectivity index is 0.00000264. The zero-order valence-electron chi connectivity index (χ0n) is 13.0. The summed E-state index contributed by atoms with van der Waals surface area (Å²) >= 11 is 0. The van der Waals surface area contributed by atoms with Crippen LogP contribution in [0.15, 0.2) is 21.8 Å². The Morgan fingerprint density at radius 1 is 1.35 bits per heavy atom. The summed E-state index contributed by atoms with van der Waals surface area (Å²) in [5.41, 5.74) is 6.33. The third-order valence-corrected chi connectivity index (χ3v) is 4.79. The first kappa shape index (κ1) is 20.2. The lowest BCUT2D eigenvalue weighted by Gasteiger charge is -2.21. The number of sulfonamides is 1. The molecule has 1 aromatic rings. The van der Waals surface area contributed by atoms with Crippen molar-refractivity contribution in [3.05, 3.63) is 18.0 Å². The number of aromatic nitrogens is 1. The molecule has 3 N–H and O–H groups in total. The van der Waals surface area contributed by atoms with Crippen LogP contribution in [0.25, 0.3) is 0 Å². The van der Waals surface area contributed by atoms with Crippen molar-refractivity contribution >= 4 is 40.0 Å². The van der Waals surface area contributed by atoms with E-state index in [1.165, 1.54) is 25.2 Å². The molecular weight excluding hydrogens is 433 g/mol. The Hall–Kier alpha value is -0.880. The second-order valence-electron chi connectivity index (χ2n) is 5.29. The number of hydrogen-bond donors (Lipinski definition) is 2. The van der Waals surface area contributed by atoms with Gasteiger partial charge in [0.1, 0.15) is 12.0 Å². The maximum Gasteiger partial charge on any atom is 0.217 e. The number of guanidine groups is 1. The van der Waals surface area contributed by atoms with E-state index < -0.39 is 10.0 Å². The van der Waals surface area contributed by atoms with Crippen molar-refractivity contribution in [2.75, 3.05) is 26.2 Å². The van der Waals surface area contributed by atoms with Crippen molar-refractivity contribution in [1.82, 2.24) is 14.8 Å². The van der Waals surface area contributed by atoms with E-state index in [1.807, 2.05) is 0 Å². The van der Waals surface area contributed by atoms with Crippen LogP contribution in [-0.2, 0) is 15.8 Å². The van der Waals surface area contributed by atoms with Gasteiger partial charge in [0, 0.05) is 25.7 Å². The van der Waals surface area contributed by atoms with Crippen LogP contribution in [-0.4, -0.2) is 50.6 Å². The van der Waals surface area contributed by atoms with E-state index in [0.29, 0.717) is 18.2 Å². The van der Waals surface area contributed by atoms with Crippen LogP contribution < -0.4 is 10.5 Å². The Kier molecular flexibility index (Phi) is 8.84. The number of halogens is 1. The van der Waals surface area contributed by atoms with Gasteiger partial charge in [-0.3, -0.25) is 4.99 Å². The molecule has 1 aromatic heterocycles. The van der Waals surface area contributed by atoms with E-state index in [2.05, 4.69) is 24.3 Å². The molecule has 0 radical (unpaired) electrons. The Morgan fingerprint density at radius 2 is 2.04 bits per heavy atom. The highest BCUT2D eigenvalue weighted by molar-refractivity contribution is 14.0. The van der Waals surface area contributed by atoms with Crippen LogP contribution in [0.5, 0.6) is 0 Å². The molecule has 1 fully saturated rings. The average molecular weight is 457 g/mol. The number of nitrogens with two attached hydrogens (primary N) is 1. The fourth-order valence-electron chi connectivity index (χ4n) is 2.33. The molecule has 1 aliphatic heterocycles. The highest BCUT2D eigenvalue weighted by Crippen LogP contribution is 2.09. The van der Waals surface area contributed by atoms with E-state index >= 15 is 0 Å². The number of rotatable bonds is 6. The van der Waals surface area contributed by atoms with Gasteiger partial charge in [-0.2, -0.15) is 0 Å². The SMILES string of the molecule is I.NC(=NCCNS(=O)(=O)Cc1ccon1)N1CCCCCC1. The van der Waals surface area contributed by atoms with Gasteiger partial charge in [0.2, 0.25) is 10.0 Å². The van der Waals surface area contributed by atoms with Gasteiger partial charge in [-0.15, -0.1) is 24.0 Å². The topological polar surface area (TPSA) is 114 Å². The number of aliphatic imine (C=N–C) groups is 1. The largest absolute Gasteiger partial charge is 0.370 e. The minimum atomic E-state index is -3.43. The molecule has 2 heterocycles. The summed E-state index contributed by atoms with van der Waals surface area (Å²) in [6.07, 6.45) is 6.05. The highest BCUT2D eigenvalue weighted by Gasteiger charge is 2.13. The third kappa shape index (κ3) is 7.48. The molecule has 1 aliphatic rings. The average Bonchev–Trinajstić information content (AvgIpc) is 2.82. The van der Waals surface area contributed by atoms with E-state index in [0.717, 1.165) is 25.9 Å². The number of likely N-dealkylation sites (tertiary alicyclic amines) is 1. The smallest absolute Gasteiger partial charge is 0.217 e. The maximum atomic E-state index is 11.8. The predicted molar refractivity (Wildman–Crippen MR) is 99.1 cm³/mol. The number of nitrogens with zero attached hydrogens (tertiary/aromatic N) is 3. The quantitative estimate of drug-likeness (QED) is 0.284. The predicted octanol–water partition coefficient (Wildman–Crippen LogP) is 0.903. The van der Waals surface area contributed by atoms with Crippen LogP contribution in [0.3, 0.4) is 0 Å². The molecule has 0 bridgehead atoms. The molecular formula is C13H24IN5O3S. The number of hydrogen-bond acceptors (Lipinski definition) is 5. The molecule has 0 aliphatic carbocycles. The molecule has 0 aromatic carbocycles. The van der Waals surface area contributed by atoms with Gasteiger partial charge in [-0.25, -0.2) is 13.1 Å². The molecule has 0 spiro atoms. The van der Waals surface area contributed by atoms with Gasteiger partial charge in [-0.05, 0) is 12.8 Å². The highest BCUT2D eigenvalue weighted by atomic mass is 127. The van der Waals surface area contributed by atoms with Crippen molar-refractivity contribution in [3.63, 3.8) is 0 Å². The summed E-state index contributed by atoms with van der Waals surface area (Å²) in [6, 6.07) is 1.52. The molecule has 1 saturated heterocycles. The van der Waals surface area contributed by atoms with Crippen molar-refractivity contribution in [2.24, 2.45) is 10.7 Å². The molecule has 8 nitrogen and oxygen atoms in total. The Labute approximate surface area is 153 Å². The fourth-order valence-corrected chi connectivity index (χ4v) is 3.37. The van der Waals surface area contributed by atoms with E-state index in [4.69, 9.17) is 5.73 Å². The normalized spacial score (nSPS) is 16.7. The van der Waals surface area contributed by atoms with Gasteiger partial charge in [0.05, 0.1) is 12.2 Å². The van der Waals surface area contributed by atoms with Crippen LogP contribution in [0.2, 0.25) is 0 Å². The first-order valence-electron chi connectivity index (χ1n) is 7.48. The van der Waals surface area contributed by atoms with Crippen molar-refractivity contribution < 1.29 is 12.9 Å². The lowest BCUT2D eigenvalue weighted by atomic mass is 10.2. The lowest BCUT2D eigenvalue weighted by molar-refractivity contribution is 0.413. The zero-order valence-corrected chi connectivity index (χ0v) is 16.1. The summed E-state index contributed by atoms with van der Waals surface area (Å²) in [6.45, 7) is 2.38. The standard InChI is InChI=1S/C13H23N5O3S.HI/c14-13(18-8-3-1-2-4-9-18)15-6-7-16-22(19,20)11-12-5-10-21-17-12;/h5,10,16H,1-4,6-9,11H2,(H2,14,15);1H. The summed E-state index contributed by atoms with van der Waals surface area (Å²) in [5.74, 6) is 0.298. The van der Waals surface area contributed by atoms with Crippen LogP contribution in [0, 0.1) is 0 Å². The second kappa shape index (κ2) is 10.1. The minimum absolute atomic E-state index is 0. The van der Waals surface area contributed by atoms with Crippen molar-refractivity contribution in [3.8, 4) is 0 Å². The van der Waals surface area contributed by atoms with E-state index in [9.17, 15) is 8.42 Å². The first-order valence-corrected chi connectivity index (χ1v) is 9.13. The van der Waals surface area contributed by atoms with Crippen molar-refractivity contribution in [2.45, 2.75) is 31.4 Å². The van der Waals surface area contributed by atoms with Gasteiger partial charge in [0.25, 0.3) is 0 Å². The zero-order chi connectivity index (χ0) is 15.8. The first-order chi connectivity index (χ1) is 10.6. The van der Waals surface area contributed by atoms with Crippen LogP contribution in [0.1, 0.15) is 31.4 Å². The van der Waals surface area contributed by atoms with Gasteiger partial charge < -0.3 is 15.2 Å². The fraction of sp³-hybridized carbons (Fsp3) is 0.692. The van der Waals surface area contributed by atoms with Crippen LogP contribution >= 0.6 is 24.0 Å². The monoisotopic (exact) mass is 457 g/mol. The lowest BCUT2D eigenvalue weighted by Crippen LogP contribution is -2.38. The molecule has 0 saturated carbocycles. The molecule has 0 atom stereocenters. The summed E-state index contributed by atoms with van der Waals surface area (Å²) in [4.78, 5) is 6.32. The molecule has 0 amide bonds. The maximum absolute atomic E-state index is 11.8. The van der Waals surface area contributed by atoms with Gasteiger partial charge in [0.15, 0.2) is 5.96 Å². The number of nitrogens with one attached hydrogen (secondary N) is 1.